The maximum Gasteiger partial charge on any atom is 0.137 e. The molecule has 0 radical (unpaired) electrons. The molecule has 1 saturated carbocycles. The number of imidazole rings is 1. The van der Waals surface area contributed by atoms with Gasteiger partial charge in [-0.2, -0.15) is 0 Å². The van der Waals surface area contributed by atoms with Crippen molar-refractivity contribution in [2.45, 2.75) is 52.1 Å². The average molecular weight is 306 g/mol. The van der Waals surface area contributed by atoms with Gasteiger partial charge in [0.25, 0.3) is 0 Å². The Labute approximate surface area is 131 Å². The van der Waals surface area contributed by atoms with Crippen molar-refractivity contribution in [1.29, 1.82) is 0 Å². The van der Waals surface area contributed by atoms with E-state index in [9.17, 15) is 0 Å². The minimum absolute atomic E-state index is 0.632. The summed E-state index contributed by atoms with van der Waals surface area (Å²) >= 11 is 6.02. The number of rotatable bonds is 4. The molecule has 0 aromatic carbocycles. The SMILES string of the molecule is CC(C)C1CCCCC1NCc1cn2cc(Cl)ccc2n1. The van der Waals surface area contributed by atoms with E-state index in [1.165, 1.54) is 25.7 Å². The summed E-state index contributed by atoms with van der Waals surface area (Å²) in [4.78, 5) is 4.65. The molecule has 0 aliphatic heterocycles. The van der Waals surface area contributed by atoms with Crippen LogP contribution >= 0.6 is 11.6 Å². The predicted octanol–water partition coefficient (Wildman–Crippen LogP) is 4.29. The van der Waals surface area contributed by atoms with E-state index in [2.05, 4.69) is 30.3 Å². The van der Waals surface area contributed by atoms with Gasteiger partial charge in [-0.15, -0.1) is 0 Å². The number of hydrogen-bond acceptors (Lipinski definition) is 2. The molecule has 0 amide bonds. The van der Waals surface area contributed by atoms with E-state index in [0.717, 1.165) is 34.7 Å². The molecule has 1 aliphatic rings. The van der Waals surface area contributed by atoms with Gasteiger partial charge in [-0.1, -0.05) is 38.3 Å². The van der Waals surface area contributed by atoms with Gasteiger partial charge in [-0.05, 0) is 36.8 Å². The zero-order valence-electron chi connectivity index (χ0n) is 12.8. The van der Waals surface area contributed by atoms with Crippen LogP contribution in [0.25, 0.3) is 5.65 Å². The normalized spacial score (nSPS) is 23.0. The van der Waals surface area contributed by atoms with Crippen molar-refractivity contribution in [3.05, 3.63) is 35.2 Å². The van der Waals surface area contributed by atoms with Gasteiger partial charge in [0.05, 0.1) is 10.7 Å². The van der Waals surface area contributed by atoms with Crippen LogP contribution in [0.15, 0.2) is 24.5 Å². The summed E-state index contributed by atoms with van der Waals surface area (Å²) in [7, 11) is 0. The predicted molar refractivity (Wildman–Crippen MR) is 87.6 cm³/mol. The van der Waals surface area contributed by atoms with Crippen LogP contribution in [0.5, 0.6) is 0 Å². The van der Waals surface area contributed by atoms with Gasteiger partial charge < -0.3 is 9.72 Å². The van der Waals surface area contributed by atoms with Gasteiger partial charge in [0.1, 0.15) is 5.65 Å². The topological polar surface area (TPSA) is 29.3 Å². The number of fused-ring (bicyclic) bond motifs is 1. The van der Waals surface area contributed by atoms with Crippen molar-refractivity contribution >= 4 is 17.2 Å². The molecular weight excluding hydrogens is 282 g/mol. The molecule has 1 N–H and O–H groups in total. The Hall–Kier alpha value is -1.06. The molecule has 4 heteroatoms. The third-order valence-corrected chi connectivity index (χ3v) is 4.91. The molecular formula is C17H24ClN3. The lowest BCUT2D eigenvalue weighted by Gasteiger charge is -2.35. The summed E-state index contributed by atoms with van der Waals surface area (Å²) in [6.45, 7) is 5.53. The van der Waals surface area contributed by atoms with Crippen molar-refractivity contribution in [2.75, 3.05) is 0 Å². The largest absolute Gasteiger partial charge is 0.308 e. The van der Waals surface area contributed by atoms with Crippen molar-refractivity contribution in [3.8, 4) is 0 Å². The maximum atomic E-state index is 6.02. The van der Waals surface area contributed by atoms with Gasteiger partial charge >= 0.3 is 0 Å². The fourth-order valence-corrected chi connectivity index (χ4v) is 3.72. The molecule has 0 saturated heterocycles. The Kier molecular flexibility index (Phi) is 4.51. The Morgan fingerprint density at radius 1 is 1.29 bits per heavy atom. The van der Waals surface area contributed by atoms with E-state index < -0.39 is 0 Å². The number of nitrogens with one attached hydrogen (secondary N) is 1. The quantitative estimate of drug-likeness (QED) is 0.913. The molecule has 0 bridgehead atoms. The van der Waals surface area contributed by atoms with Gasteiger partial charge in [0, 0.05) is 25.0 Å². The molecule has 1 aliphatic carbocycles. The lowest BCUT2D eigenvalue weighted by atomic mass is 9.78. The minimum Gasteiger partial charge on any atom is -0.308 e. The zero-order chi connectivity index (χ0) is 14.8. The third kappa shape index (κ3) is 3.41. The summed E-state index contributed by atoms with van der Waals surface area (Å²) in [5.41, 5.74) is 2.05. The number of halogens is 1. The first-order chi connectivity index (χ1) is 10.1. The fraction of sp³-hybridized carbons (Fsp3) is 0.588. The van der Waals surface area contributed by atoms with Gasteiger partial charge in [-0.3, -0.25) is 0 Å². The Balaban J connectivity index is 1.67. The summed E-state index contributed by atoms with van der Waals surface area (Å²) in [5, 5.41) is 4.48. The van der Waals surface area contributed by atoms with Crippen LogP contribution in [0.2, 0.25) is 5.02 Å². The number of aromatic nitrogens is 2. The van der Waals surface area contributed by atoms with Crippen LogP contribution in [0, 0.1) is 11.8 Å². The summed E-state index contributed by atoms with van der Waals surface area (Å²) < 4.78 is 2.00. The zero-order valence-corrected chi connectivity index (χ0v) is 13.6. The van der Waals surface area contributed by atoms with Crippen molar-refractivity contribution in [2.24, 2.45) is 11.8 Å². The highest BCUT2D eigenvalue weighted by Crippen LogP contribution is 2.30. The third-order valence-electron chi connectivity index (χ3n) is 4.69. The first-order valence-electron chi connectivity index (χ1n) is 8.00. The summed E-state index contributed by atoms with van der Waals surface area (Å²) in [6.07, 6.45) is 9.36. The van der Waals surface area contributed by atoms with Gasteiger partial charge in [-0.25, -0.2) is 4.98 Å². The molecule has 114 valence electrons. The van der Waals surface area contributed by atoms with Crippen LogP contribution in [-0.2, 0) is 6.54 Å². The Bertz CT molecular complexity index is 605. The highest BCUT2D eigenvalue weighted by atomic mass is 35.5. The van der Waals surface area contributed by atoms with Crippen LogP contribution < -0.4 is 5.32 Å². The van der Waals surface area contributed by atoms with E-state index in [1.807, 2.05) is 22.7 Å². The molecule has 0 spiro atoms. The van der Waals surface area contributed by atoms with E-state index >= 15 is 0 Å². The maximum absolute atomic E-state index is 6.02. The van der Waals surface area contributed by atoms with Crippen molar-refractivity contribution in [3.63, 3.8) is 0 Å². The second-order valence-corrected chi connectivity index (χ2v) is 6.96. The molecule has 2 aromatic rings. The van der Waals surface area contributed by atoms with E-state index in [0.29, 0.717) is 6.04 Å². The summed E-state index contributed by atoms with van der Waals surface area (Å²) in [6, 6.07) is 4.48. The second kappa shape index (κ2) is 6.37. The van der Waals surface area contributed by atoms with Crippen molar-refractivity contribution < 1.29 is 0 Å². The van der Waals surface area contributed by atoms with E-state index in [4.69, 9.17) is 11.6 Å². The lowest BCUT2D eigenvalue weighted by molar-refractivity contribution is 0.204. The molecule has 2 heterocycles. The number of hydrogen-bond donors (Lipinski definition) is 1. The number of nitrogens with zero attached hydrogens (tertiary/aromatic N) is 2. The van der Waals surface area contributed by atoms with E-state index in [1.54, 1.807) is 0 Å². The lowest BCUT2D eigenvalue weighted by Crippen LogP contribution is -2.40. The molecule has 2 aromatic heterocycles. The highest BCUT2D eigenvalue weighted by molar-refractivity contribution is 6.30. The van der Waals surface area contributed by atoms with E-state index in [-0.39, 0.29) is 0 Å². The smallest absolute Gasteiger partial charge is 0.137 e. The molecule has 2 atom stereocenters. The standard InChI is InChI=1S/C17H24ClN3/c1-12(2)15-5-3-4-6-16(15)19-9-14-11-21-10-13(18)7-8-17(21)20-14/h7-8,10-12,15-16,19H,3-6,9H2,1-2H3. The second-order valence-electron chi connectivity index (χ2n) is 6.52. The Morgan fingerprint density at radius 3 is 2.90 bits per heavy atom. The minimum atomic E-state index is 0.632. The van der Waals surface area contributed by atoms with Crippen LogP contribution in [0.3, 0.4) is 0 Å². The first kappa shape index (κ1) is 14.9. The van der Waals surface area contributed by atoms with Crippen molar-refractivity contribution in [1.82, 2.24) is 14.7 Å². The van der Waals surface area contributed by atoms with Crippen LogP contribution in [-0.4, -0.2) is 15.4 Å². The molecule has 3 rings (SSSR count). The molecule has 1 fully saturated rings. The monoisotopic (exact) mass is 305 g/mol. The average Bonchev–Trinajstić information content (AvgIpc) is 2.87. The fourth-order valence-electron chi connectivity index (χ4n) is 3.55. The van der Waals surface area contributed by atoms with Crippen LogP contribution in [0.1, 0.15) is 45.2 Å². The highest BCUT2D eigenvalue weighted by Gasteiger charge is 2.27. The van der Waals surface area contributed by atoms with Gasteiger partial charge in [0.2, 0.25) is 0 Å². The number of pyridine rings is 1. The molecule has 2 unspecified atom stereocenters. The molecule has 3 nitrogen and oxygen atoms in total. The molecule has 21 heavy (non-hydrogen) atoms. The first-order valence-corrected chi connectivity index (χ1v) is 8.38. The summed E-state index contributed by atoms with van der Waals surface area (Å²) in [5.74, 6) is 1.55. The Morgan fingerprint density at radius 2 is 2.10 bits per heavy atom. The van der Waals surface area contributed by atoms with Gasteiger partial charge in [0.15, 0.2) is 0 Å². The van der Waals surface area contributed by atoms with Crippen LogP contribution in [0.4, 0.5) is 0 Å².